The molecule has 1 aliphatic heterocycles. The van der Waals surface area contributed by atoms with E-state index in [0.717, 1.165) is 11.0 Å². The predicted octanol–water partition coefficient (Wildman–Crippen LogP) is 6.55. The summed E-state index contributed by atoms with van der Waals surface area (Å²) in [5, 5.41) is 10.1. The van der Waals surface area contributed by atoms with Crippen molar-refractivity contribution in [3.63, 3.8) is 0 Å². The number of alkyl halides is 3. The molecule has 0 radical (unpaired) electrons. The van der Waals surface area contributed by atoms with Gasteiger partial charge in [-0.25, -0.2) is 17.5 Å². The van der Waals surface area contributed by atoms with Gasteiger partial charge in [0.15, 0.2) is 0 Å². The number of hydrogen-bond donors (Lipinski definition) is 2. The normalized spacial score (nSPS) is 22.0. The van der Waals surface area contributed by atoms with Crippen molar-refractivity contribution in [2.45, 2.75) is 60.9 Å². The zero-order chi connectivity index (χ0) is 33.4. The number of carboxylic acids is 1. The fourth-order valence-electron chi connectivity index (χ4n) is 5.91. The molecule has 2 fully saturated rings. The topological polar surface area (TPSA) is 113 Å². The van der Waals surface area contributed by atoms with E-state index in [1.165, 1.54) is 48.5 Å². The third kappa shape index (κ3) is 7.18. The van der Waals surface area contributed by atoms with Crippen LogP contribution in [0.3, 0.4) is 0 Å². The fourth-order valence-corrected chi connectivity index (χ4v) is 8.01. The first-order valence-corrected chi connectivity index (χ1v) is 16.4. The van der Waals surface area contributed by atoms with Crippen molar-refractivity contribution in [1.29, 1.82) is 0 Å². The minimum Gasteiger partial charge on any atom is -0.481 e. The second-order valence-corrected chi connectivity index (χ2v) is 14.2. The summed E-state index contributed by atoms with van der Waals surface area (Å²) < 4.78 is 91.1. The van der Waals surface area contributed by atoms with Crippen molar-refractivity contribution in [3.05, 3.63) is 105 Å². The minimum atomic E-state index is -4.89. The number of benzene rings is 3. The Kier molecular flexibility index (Phi) is 9.72. The predicted molar refractivity (Wildman–Crippen MR) is 161 cm³/mol. The molecule has 3 aromatic carbocycles. The zero-order valence-electron chi connectivity index (χ0n) is 23.9. The highest BCUT2D eigenvalue weighted by Crippen LogP contribution is 2.53. The summed E-state index contributed by atoms with van der Waals surface area (Å²) in [6, 6.07) is 14.1. The van der Waals surface area contributed by atoms with Gasteiger partial charge in [0, 0.05) is 22.2 Å². The average Bonchev–Trinajstić information content (AvgIpc) is 3.79. The number of morpholine rings is 1. The van der Waals surface area contributed by atoms with Gasteiger partial charge in [-0.15, -0.1) is 0 Å². The maximum Gasteiger partial charge on any atom is 0.391 e. The first-order valence-electron chi connectivity index (χ1n) is 14.1. The number of halogens is 6. The summed E-state index contributed by atoms with van der Waals surface area (Å²) in [4.78, 5) is 26.6. The van der Waals surface area contributed by atoms with Crippen molar-refractivity contribution in [1.82, 2.24) is 9.62 Å². The van der Waals surface area contributed by atoms with Gasteiger partial charge in [-0.2, -0.15) is 13.2 Å². The number of amides is 1. The smallest absolute Gasteiger partial charge is 0.391 e. The molecule has 1 saturated carbocycles. The Balaban J connectivity index is 1.60. The molecule has 0 bridgehead atoms. The lowest BCUT2D eigenvalue weighted by Gasteiger charge is -2.48. The highest BCUT2D eigenvalue weighted by molar-refractivity contribution is 7.90. The SMILES string of the molecule is O=C(O)C[C@H]1O[C@H](c2cccc(Cl)c2)[C@@H](c2ccc(Cl)cc2)N([C@H](CNS(=O)(=O)C2(c3ccccc3F)CC2)CC(F)(F)F)C1=O. The molecule has 8 nitrogen and oxygen atoms in total. The van der Waals surface area contributed by atoms with Crippen LogP contribution in [0, 0.1) is 5.82 Å². The van der Waals surface area contributed by atoms with E-state index in [0.29, 0.717) is 10.6 Å². The summed E-state index contributed by atoms with van der Waals surface area (Å²) in [6.07, 6.45) is -10.3. The summed E-state index contributed by atoms with van der Waals surface area (Å²) in [7, 11) is -4.48. The van der Waals surface area contributed by atoms with Gasteiger partial charge in [-0.05, 0) is 54.3 Å². The third-order valence-corrected chi connectivity index (χ3v) is 10.8. The van der Waals surface area contributed by atoms with Gasteiger partial charge in [-0.3, -0.25) is 9.59 Å². The van der Waals surface area contributed by atoms with Gasteiger partial charge in [0.1, 0.15) is 22.8 Å². The van der Waals surface area contributed by atoms with Gasteiger partial charge in [0.05, 0.1) is 24.9 Å². The molecular formula is C31H28Cl2F4N2O6S. The highest BCUT2D eigenvalue weighted by atomic mass is 35.5. The maximum atomic E-state index is 14.7. The van der Waals surface area contributed by atoms with Crippen molar-refractivity contribution in [3.8, 4) is 0 Å². The zero-order valence-corrected chi connectivity index (χ0v) is 26.2. The molecule has 5 rings (SSSR count). The van der Waals surface area contributed by atoms with E-state index in [2.05, 4.69) is 4.72 Å². The number of carbonyl (C=O) groups is 2. The van der Waals surface area contributed by atoms with Crippen LogP contribution in [-0.4, -0.2) is 55.2 Å². The summed E-state index contributed by atoms with van der Waals surface area (Å²) in [5.74, 6) is -3.30. The van der Waals surface area contributed by atoms with Gasteiger partial charge in [-0.1, -0.05) is 65.7 Å². The molecule has 1 aliphatic carbocycles. The number of hydrogen-bond acceptors (Lipinski definition) is 5. The molecule has 15 heteroatoms. The van der Waals surface area contributed by atoms with E-state index in [-0.39, 0.29) is 29.0 Å². The number of sulfonamides is 1. The lowest BCUT2D eigenvalue weighted by molar-refractivity contribution is -0.192. The number of ether oxygens (including phenoxy) is 1. The van der Waals surface area contributed by atoms with E-state index in [1.807, 2.05) is 0 Å². The minimum absolute atomic E-state index is 0.0363. The summed E-state index contributed by atoms with van der Waals surface area (Å²) in [5.41, 5.74) is 0.513. The summed E-state index contributed by atoms with van der Waals surface area (Å²) >= 11 is 12.3. The standard InChI is InChI=1S/C31H28Cl2F4N2O6S/c32-20-10-8-18(9-11-20)27-28(19-4-3-5-21(33)14-19)45-25(15-26(40)41)29(42)39(27)22(16-31(35,36)37)17-38-46(43,44)30(12-13-30)23-6-1-2-7-24(23)34/h1-11,14,22,25,27-28,38H,12-13,15-17H2,(H,40,41)/t22-,25+,27+,28+/m0/s1. The highest BCUT2D eigenvalue weighted by Gasteiger charge is 2.58. The van der Waals surface area contributed by atoms with Crippen molar-refractivity contribution < 1.29 is 45.4 Å². The maximum absolute atomic E-state index is 14.7. The molecule has 0 unspecified atom stereocenters. The molecule has 46 heavy (non-hydrogen) atoms. The molecule has 0 spiro atoms. The molecule has 1 amide bonds. The number of carboxylic acid groups (broad SMARTS) is 1. The second-order valence-electron chi connectivity index (χ2n) is 11.2. The average molecular weight is 704 g/mol. The van der Waals surface area contributed by atoms with E-state index in [1.54, 1.807) is 18.2 Å². The summed E-state index contributed by atoms with van der Waals surface area (Å²) in [6.45, 7) is -0.907. The lowest BCUT2D eigenvalue weighted by Crippen LogP contribution is -2.58. The molecular weight excluding hydrogens is 675 g/mol. The number of carbonyl (C=O) groups excluding carboxylic acids is 1. The van der Waals surface area contributed by atoms with E-state index >= 15 is 0 Å². The van der Waals surface area contributed by atoms with Gasteiger partial charge in [0.25, 0.3) is 5.91 Å². The Labute approximate surface area is 272 Å². The Morgan fingerprint density at radius 3 is 2.28 bits per heavy atom. The Morgan fingerprint density at radius 2 is 1.70 bits per heavy atom. The van der Waals surface area contributed by atoms with Crippen molar-refractivity contribution in [2.24, 2.45) is 0 Å². The lowest BCUT2D eigenvalue weighted by atomic mass is 9.89. The molecule has 3 aromatic rings. The Bertz CT molecular complexity index is 1720. The number of nitrogens with one attached hydrogen (secondary N) is 1. The Morgan fingerprint density at radius 1 is 1.02 bits per heavy atom. The molecule has 2 N–H and O–H groups in total. The van der Waals surface area contributed by atoms with E-state index < -0.39 is 82.3 Å². The van der Waals surface area contributed by atoms with Crippen LogP contribution in [0.5, 0.6) is 0 Å². The molecule has 1 heterocycles. The van der Waals surface area contributed by atoms with E-state index in [4.69, 9.17) is 27.9 Å². The number of nitrogens with zero attached hydrogens (tertiary/aromatic N) is 1. The molecule has 4 atom stereocenters. The largest absolute Gasteiger partial charge is 0.481 e. The van der Waals surface area contributed by atoms with Crippen LogP contribution in [-0.2, 0) is 29.1 Å². The second kappa shape index (κ2) is 13.1. The van der Waals surface area contributed by atoms with Crippen LogP contribution >= 0.6 is 23.2 Å². The van der Waals surface area contributed by atoms with Gasteiger partial charge in [0.2, 0.25) is 10.0 Å². The van der Waals surface area contributed by atoms with Crippen molar-refractivity contribution >= 4 is 45.1 Å². The first-order chi connectivity index (χ1) is 21.6. The third-order valence-electron chi connectivity index (χ3n) is 8.13. The van der Waals surface area contributed by atoms with E-state index in [9.17, 15) is 40.7 Å². The Hall–Kier alpha value is -3.23. The van der Waals surface area contributed by atoms with Crippen molar-refractivity contribution in [2.75, 3.05) is 6.54 Å². The van der Waals surface area contributed by atoms with Crippen LogP contribution in [0.1, 0.15) is 54.5 Å². The van der Waals surface area contributed by atoms with Crippen LogP contribution in [0.2, 0.25) is 10.0 Å². The van der Waals surface area contributed by atoms with Crippen LogP contribution in [0.4, 0.5) is 17.6 Å². The number of rotatable bonds is 11. The monoisotopic (exact) mass is 702 g/mol. The van der Waals surface area contributed by atoms with Gasteiger partial charge < -0.3 is 14.7 Å². The fraction of sp³-hybridized carbons (Fsp3) is 0.355. The van der Waals surface area contributed by atoms with Crippen LogP contribution in [0.15, 0.2) is 72.8 Å². The van der Waals surface area contributed by atoms with Crippen LogP contribution < -0.4 is 4.72 Å². The van der Waals surface area contributed by atoms with Gasteiger partial charge >= 0.3 is 12.1 Å². The van der Waals surface area contributed by atoms with Crippen LogP contribution in [0.25, 0.3) is 0 Å². The molecule has 246 valence electrons. The number of aliphatic carboxylic acids is 1. The molecule has 0 aromatic heterocycles. The quantitative estimate of drug-likeness (QED) is 0.219. The molecule has 2 aliphatic rings. The first kappa shape index (κ1) is 34.1. The molecule has 1 saturated heterocycles.